The number of hydrogen-bond donors (Lipinski definition) is 2. The van der Waals surface area contributed by atoms with Crippen LogP contribution in [-0.4, -0.2) is 31.1 Å². The van der Waals surface area contributed by atoms with Gasteiger partial charge in [-0.2, -0.15) is 0 Å². The van der Waals surface area contributed by atoms with Crippen LogP contribution >= 0.6 is 0 Å². The van der Waals surface area contributed by atoms with Crippen molar-refractivity contribution in [2.45, 2.75) is 24.3 Å². The molecule has 1 aliphatic rings. The van der Waals surface area contributed by atoms with Gasteiger partial charge in [-0.1, -0.05) is 6.07 Å². The highest BCUT2D eigenvalue weighted by Gasteiger charge is 2.17. The Morgan fingerprint density at radius 1 is 1.38 bits per heavy atom. The van der Waals surface area contributed by atoms with Gasteiger partial charge in [0.2, 0.25) is 10.0 Å². The Hall–Kier alpha value is -1.86. The number of aromatic nitrogens is 2. The molecule has 0 aliphatic carbocycles. The van der Waals surface area contributed by atoms with Crippen molar-refractivity contribution in [1.29, 1.82) is 0 Å². The lowest BCUT2D eigenvalue weighted by atomic mass is 10.0. The molecule has 3 rings (SSSR count). The highest BCUT2D eigenvalue weighted by atomic mass is 32.2. The summed E-state index contributed by atoms with van der Waals surface area (Å²) in [6.07, 6.45) is 7.22. The molecule has 2 heterocycles. The summed E-state index contributed by atoms with van der Waals surface area (Å²) in [5, 5.41) is 3.25. The summed E-state index contributed by atoms with van der Waals surface area (Å²) < 4.78 is 29.0. The van der Waals surface area contributed by atoms with Crippen LogP contribution in [0.15, 0.2) is 41.8 Å². The third-order valence-corrected chi connectivity index (χ3v) is 5.01. The van der Waals surface area contributed by atoms with Crippen LogP contribution in [0.1, 0.15) is 12.0 Å². The minimum Gasteiger partial charge on any atom is -0.385 e. The Morgan fingerprint density at radius 2 is 2.29 bits per heavy atom. The number of fused-ring (bicyclic) bond motifs is 1. The van der Waals surface area contributed by atoms with E-state index in [1.807, 2.05) is 10.6 Å². The van der Waals surface area contributed by atoms with Crippen LogP contribution in [0, 0.1) is 0 Å². The fourth-order valence-electron chi connectivity index (χ4n) is 2.42. The fourth-order valence-corrected chi connectivity index (χ4v) is 3.47. The first-order valence-corrected chi connectivity index (χ1v) is 8.46. The second kappa shape index (κ2) is 5.87. The van der Waals surface area contributed by atoms with Crippen molar-refractivity contribution in [2.24, 2.45) is 0 Å². The maximum Gasteiger partial charge on any atom is 0.240 e. The number of hydrogen-bond acceptors (Lipinski definition) is 4. The second-order valence-corrected chi connectivity index (χ2v) is 6.81. The van der Waals surface area contributed by atoms with E-state index in [9.17, 15) is 8.42 Å². The molecular formula is C14H18N4O2S. The van der Waals surface area contributed by atoms with Crippen LogP contribution in [0.3, 0.4) is 0 Å². The van der Waals surface area contributed by atoms with Gasteiger partial charge >= 0.3 is 0 Å². The van der Waals surface area contributed by atoms with Crippen LogP contribution < -0.4 is 10.0 Å². The third kappa shape index (κ3) is 3.25. The molecule has 0 amide bonds. The van der Waals surface area contributed by atoms with Crippen LogP contribution in [0.25, 0.3) is 0 Å². The van der Waals surface area contributed by atoms with E-state index in [4.69, 9.17) is 0 Å². The Balaban J connectivity index is 1.69. The van der Waals surface area contributed by atoms with Crippen LogP contribution in [0.5, 0.6) is 0 Å². The normalized spacial score (nSPS) is 14.5. The zero-order valence-corrected chi connectivity index (χ0v) is 12.4. The van der Waals surface area contributed by atoms with Gasteiger partial charge in [0.25, 0.3) is 0 Å². The zero-order valence-electron chi connectivity index (χ0n) is 11.6. The molecular weight excluding hydrogens is 288 g/mol. The predicted molar refractivity (Wildman–Crippen MR) is 80.7 cm³/mol. The SMILES string of the molecule is O=S(=O)(NCCn1ccnc1)c1ccc2c(c1)NCCC2. The van der Waals surface area contributed by atoms with E-state index in [-0.39, 0.29) is 0 Å². The zero-order chi connectivity index (χ0) is 14.7. The van der Waals surface area contributed by atoms with E-state index < -0.39 is 10.0 Å². The summed E-state index contributed by atoms with van der Waals surface area (Å²) in [5.41, 5.74) is 2.11. The van der Waals surface area contributed by atoms with Gasteiger partial charge in [-0.25, -0.2) is 18.1 Å². The Kier molecular flexibility index (Phi) is 3.94. The average Bonchev–Trinajstić information content (AvgIpc) is 3.00. The van der Waals surface area contributed by atoms with Crippen molar-refractivity contribution in [3.63, 3.8) is 0 Å². The molecule has 0 saturated carbocycles. The summed E-state index contributed by atoms with van der Waals surface area (Å²) in [6.45, 7) is 1.79. The number of anilines is 1. The average molecular weight is 306 g/mol. The molecule has 0 unspecified atom stereocenters. The molecule has 112 valence electrons. The molecule has 7 heteroatoms. The molecule has 1 aromatic carbocycles. The molecule has 0 saturated heterocycles. The van der Waals surface area contributed by atoms with E-state index in [2.05, 4.69) is 15.0 Å². The number of imidazole rings is 1. The second-order valence-electron chi connectivity index (χ2n) is 5.05. The molecule has 0 spiro atoms. The maximum absolute atomic E-state index is 12.3. The number of sulfonamides is 1. The highest BCUT2D eigenvalue weighted by Crippen LogP contribution is 2.24. The van der Waals surface area contributed by atoms with E-state index in [1.165, 1.54) is 5.56 Å². The van der Waals surface area contributed by atoms with Gasteiger partial charge in [0.1, 0.15) is 0 Å². The van der Waals surface area contributed by atoms with Gasteiger partial charge in [-0.15, -0.1) is 0 Å². The largest absolute Gasteiger partial charge is 0.385 e. The smallest absolute Gasteiger partial charge is 0.240 e. The van der Waals surface area contributed by atoms with Crippen molar-refractivity contribution in [1.82, 2.24) is 14.3 Å². The maximum atomic E-state index is 12.3. The molecule has 0 bridgehead atoms. The summed E-state index contributed by atoms with van der Waals surface area (Å²) in [6, 6.07) is 5.28. The minimum atomic E-state index is -3.47. The van der Waals surface area contributed by atoms with Gasteiger partial charge in [-0.3, -0.25) is 0 Å². The number of rotatable bonds is 5. The van der Waals surface area contributed by atoms with Crippen molar-refractivity contribution in [2.75, 3.05) is 18.4 Å². The van der Waals surface area contributed by atoms with Gasteiger partial charge in [0.15, 0.2) is 0 Å². The van der Waals surface area contributed by atoms with Gasteiger partial charge in [0.05, 0.1) is 11.2 Å². The Labute approximate surface area is 124 Å². The molecule has 0 radical (unpaired) electrons. The molecule has 0 fully saturated rings. The van der Waals surface area contributed by atoms with Crippen molar-refractivity contribution in [3.05, 3.63) is 42.5 Å². The minimum absolute atomic E-state index is 0.307. The summed E-state index contributed by atoms with van der Waals surface area (Å²) in [7, 11) is -3.47. The lowest BCUT2D eigenvalue weighted by Crippen LogP contribution is -2.27. The first-order chi connectivity index (χ1) is 10.1. The molecule has 1 aromatic heterocycles. The molecule has 2 aromatic rings. The standard InChI is InChI=1S/C14H18N4O2S/c19-21(20,17-7-9-18-8-6-15-11-18)13-4-3-12-2-1-5-16-14(12)10-13/h3-4,6,8,10-11,16-17H,1-2,5,7,9H2. The summed E-state index contributed by atoms with van der Waals surface area (Å²) in [4.78, 5) is 4.23. The number of benzene rings is 1. The molecule has 0 atom stereocenters. The van der Waals surface area contributed by atoms with Gasteiger partial charge in [-0.05, 0) is 30.5 Å². The quantitative estimate of drug-likeness (QED) is 0.871. The molecule has 1 aliphatic heterocycles. The molecule has 21 heavy (non-hydrogen) atoms. The van der Waals surface area contributed by atoms with Gasteiger partial charge in [0, 0.05) is 37.7 Å². The van der Waals surface area contributed by atoms with E-state index in [0.29, 0.717) is 18.0 Å². The van der Waals surface area contributed by atoms with Crippen molar-refractivity contribution < 1.29 is 8.42 Å². The summed E-state index contributed by atoms with van der Waals surface area (Å²) in [5.74, 6) is 0. The first-order valence-electron chi connectivity index (χ1n) is 6.97. The topological polar surface area (TPSA) is 76.0 Å². The summed E-state index contributed by atoms with van der Waals surface area (Å²) >= 11 is 0. The van der Waals surface area contributed by atoms with Crippen molar-refractivity contribution in [3.8, 4) is 0 Å². The fraction of sp³-hybridized carbons (Fsp3) is 0.357. The molecule has 6 nitrogen and oxygen atoms in total. The van der Waals surface area contributed by atoms with E-state index >= 15 is 0 Å². The first kappa shape index (κ1) is 14.1. The van der Waals surface area contributed by atoms with Crippen LogP contribution in [-0.2, 0) is 23.0 Å². The Morgan fingerprint density at radius 3 is 3.10 bits per heavy atom. The highest BCUT2D eigenvalue weighted by molar-refractivity contribution is 7.89. The predicted octanol–water partition coefficient (Wildman–Crippen LogP) is 1.22. The molecule has 2 N–H and O–H groups in total. The monoisotopic (exact) mass is 306 g/mol. The van der Waals surface area contributed by atoms with Crippen LogP contribution in [0.2, 0.25) is 0 Å². The van der Waals surface area contributed by atoms with Crippen LogP contribution in [0.4, 0.5) is 5.69 Å². The van der Waals surface area contributed by atoms with Gasteiger partial charge < -0.3 is 9.88 Å². The number of nitrogens with one attached hydrogen (secondary N) is 2. The van der Waals surface area contributed by atoms with Crippen molar-refractivity contribution >= 4 is 15.7 Å². The number of nitrogens with zero attached hydrogens (tertiary/aromatic N) is 2. The van der Waals surface area contributed by atoms with E-state index in [0.717, 1.165) is 25.1 Å². The Bertz CT molecular complexity index is 711. The number of aryl methyl sites for hydroxylation is 1. The van der Waals surface area contributed by atoms with E-state index in [1.54, 1.807) is 30.9 Å². The third-order valence-electron chi connectivity index (χ3n) is 3.55. The lowest BCUT2D eigenvalue weighted by molar-refractivity contribution is 0.572. The lowest BCUT2D eigenvalue weighted by Gasteiger charge is -2.18.